The molecule has 128 valence electrons. The van der Waals surface area contributed by atoms with Crippen molar-refractivity contribution in [1.82, 2.24) is 0 Å². The summed E-state index contributed by atoms with van der Waals surface area (Å²) in [5.41, 5.74) is 2.03. The van der Waals surface area contributed by atoms with Gasteiger partial charge in [-0.05, 0) is 49.2 Å². The van der Waals surface area contributed by atoms with Crippen LogP contribution in [-0.4, -0.2) is 17.7 Å². The maximum Gasteiger partial charge on any atom is 0.341 e. The van der Waals surface area contributed by atoms with E-state index in [1.807, 2.05) is 32.0 Å². The van der Waals surface area contributed by atoms with Gasteiger partial charge in [-0.1, -0.05) is 6.07 Å². The number of hydrogen-bond acceptors (Lipinski definition) is 5. The largest absolute Gasteiger partial charge is 0.482 e. The molecule has 1 N–H and O–H groups in total. The first kappa shape index (κ1) is 16.6. The predicted molar refractivity (Wildman–Crippen MR) is 91.6 cm³/mol. The van der Waals surface area contributed by atoms with Crippen molar-refractivity contribution in [3.63, 3.8) is 0 Å². The van der Waals surface area contributed by atoms with Crippen molar-refractivity contribution >= 4 is 16.9 Å². The molecule has 0 saturated heterocycles. The zero-order valence-electron chi connectivity index (χ0n) is 13.7. The number of benzene rings is 2. The van der Waals surface area contributed by atoms with E-state index in [9.17, 15) is 9.59 Å². The van der Waals surface area contributed by atoms with E-state index in [0.717, 1.165) is 11.1 Å². The Kier molecular flexibility index (Phi) is 4.43. The highest BCUT2D eigenvalue weighted by molar-refractivity contribution is 5.79. The van der Waals surface area contributed by atoms with Gasteiger partial charge in [0, 0.05) is 6.07 Å². The highest BCUT2D eigenvalue weighted by Crippen LogP contribution is 2.25. The minimum absolute atomic E-state index is 0.0803. The van der Waals surface area contributed by atoms with Crippen LogP contribution in [0.15, 0.2) is 51.9 Å². The fourth-order valence-electron chi connectivity index (χ4n) is 2.52. The molecule has 3 rings (SSSR count). The normalized spacial score (nSPS) is 10.6. The van der Waals surface area contributed by atoms with Crippen molar-refractivity contribution in [2.24, 2.45) is 0 Å². The molecule has 0 unspecified atom stereocenters. The van der Waals surface area contributed by atoms with E-state index in [1.54, 1.807) is 0 Å². The molecule has 6 nitrogen and oxygen atoms in total. The lowest BCUT2D eigenvalue weighted by Crippen LogP contribution is -2.09. The Morgan fingerprint density at radius 2 is 1.80 bits per heavy atom. The molecule has 0 spiro atoms. The number of hydrogen-bond donors (Lipinski definition) is 1. The van der Waals surface area contributed by atoms with Crippen LogP contribution in [0.4, 0.5) is 0 Å². The molecule has 0 fully saturated rings. The number of fused-ring (bicyclic) bond motifs is 1. The third-order valence-corrected chi connectivity index (χ3v) is 3.50. The van der Waals surface area contributed by atoms with Gasteiger partial charge in [0.2, 0.25) is 11.2 Å². The van der Waals surface area contributed by atoms with Crippen molar-refractivity contribution < 1.29 is 23.8 Å². The second-order valence-electron chi connectivity index (χ2n) is 5.69. The Bertz CT molecular complexity index is 982. The van der Waals surface area contributed by atoms with Crippen molar-refractivity contribution in [2.75, 3.05) is 6.61 Å². The molecule has 3 aromatic rings. The van der Waals surface area contributed by atoms with Gasteiger partial charge in [0.05, 0.1) is 5.39 Å². The molecule has 1 heterocycles. The second kappa shape index (κ2) is 6.68. The first-order valence-corrected chi connectivity index (χ1v) is 7.59. The highest BCUT2D eigenvalue weighted by atomic mass is 16.5. The molecular formula is C19H16O6. The molecule has 0 atom stereocenters. The summed E-state index contributed by atoms with van der Waals surface area (Å²) in [4.78, 5) is 23.1. The number of rotatable bonds is 5. The summed E-state index contributed by atoms with van der Waals surface area (Å²) in [5.74, 6) is -0.137. The van der Waals surface area contributed by atoms with E-state index in [-0.39, 0.29) is 11.2 Å². The zero-order chi connectivity index (χ0) is 18.0. The molecule has 0 aliphatic rings. The Morgan fingerprint density at radius 3 is 2.48 bits per heavy atom. The number of aliphatic carboxylic acids is 1. The molecule has 0 amide bonds. The number of carbonyl (C=O) groups is 1. The summed E-state index contributed by atoms with van der Waals surface area (Å²) >= 11 is 0. The lowest BCUT2D eigenvalue weighted by molar-refractivity contribution is -0.139. The number of carboxylic acid groups (broad SMARTS) is 1. The van der Waals surface area contributed by atoms with Gasteiger partial charge in [0.25, 0.3) is 0 Å². The molecule has 0 bridgehead atoms. The fourth-order valence-corrected chi connectivity index (χ4v) is 2.52. The average molecular weight is 340 g/mol. The molecule has 6 heteroatoms. The minimum Gasteiger partial charge on any atom is -0.482 e. The molecule has 0 aliphatic carbocycles. The zero-order valence-corrected chi connectivity index (χ0v) is 13.7. The van der Waals surface area contributed by atoms with Gasteiger partial charge in [0.1, 0.15) is 23.3 Å². The van der Waals surface area contributed by atoms with E-state index >= 15 is 0 Å². The lowest BCUT2D eigenvalue weighted by Gasteiger charge is -2.08. The van der Waals surface area contributed by atoms with Crippen LogP contribution in [0.5, 0.6) is 17.2 Å². The van der Waals surface area contributed by atoms with Gasteiger partial charge < -0.3 is 19.0 Å². The first-order valence-electron chi connectivity index (χ1n) is 7.59. The van der Waals surface area contributed by atoms with Crippen LogP contribution >= 0.6 is 0 Å². The quantitative estimate of drug-likeness (QED) is 0.763. The van der Waals surface area contributed by atoms with E-state index in [1.165, 1.54) is 24.5 Å². The predicted octanol–water partition coefficient (Wildman–Crippen LogP) is 3.67. The van der Waals surface area contributed by atoms with Gasteiger partial charge in [-0.3, -0.25) is 4.79 Å². The molecule has 25 heavy (non-hydrogen) atoms. The summed E-state index contributed by atoms with van der Waals surface area (Å²) in [6.45, 7) is 3.42. The van der Waals surface area contributed by atoms with Crippen LogP contribution in [0.3, 0.4) is 0 Å². The Hall–Kier alpha value is -3.28. The number of aryl methyl sites for hydroxylation is 2. The third kappa shape index (κ3) is 3.80. The molecule has 2 aromatic carbocycles. The summed E-state index contributed by atoms with van der Waals surface area (Å²) in [7, 11) is 0. The van der Waals surface area contributed by atoms with Crippen LogP contribution in [0, 0.1) is 13.8 Å². The monoisotopic (exact) mass is 340 g/mol. The maximum atomic E-state index is 12.6. The first-order chi connectivity index (χ1) is 11.9. The minimum atomic E-state index is -1.08. The van der Waals surface area contributed by atoms with Crippen LogP contribution in [0.2, 0.25) is 0 Å². The van der Waals surface area contributed by atoms with Gasteiger partial charge in [-0.15, -0.1) is 0 Å². The summed E-state index contributed by atoms with van der Waals surface area (Å²) in [6.07, 6.45) is 1.24. The Labute approximate surface area is 143 Å². The van der Waals surface area contributed by atoms with Crippen molar-refractivity contribution in [1.29, 1.82) is 0 Å². The SMILES string of the molecule is Cc1cc(C)cc(Oc2coc3cc(OCC(=O)O)ccc3c2=O)c1. The van der Waals surface area contributed by atoms with Gasteiger partial charge >= 0.3 is 5.97 Å². The Balaban J connectivity index is 1.93. The van der Waals surface area contributed by atoms with Crippen molar-refractivity contribution in [3.05, 3.63) is 64.0 Å². The van der Waals surface area contributed by atoms with Gasteiger partial charge in [-0.25, -0.2) is 4.79 Å². The molecular weight excluding hydrogens is 324 g/mol. The summed E-state index contributed by atoms with van der Waals surface area (Å²) in [5, 5.41) is 8.96. The smallest absolute Gasteiger partial charge is 0.341 e. The van der Waals surface area contributed by atoms with E-state index in [4.69, 9.17) is 19.0 Å². The van der Waals surface area contributed by atoms with Crippen LogP contribution in [0.25, 0.3) is 11.0 Å². The molecule has 1 aromatic heterocycles. The van der Waals surface area contributed by atoms with Crippen molar-refractivity contribution in [3.8, 4) is 17.2 Å². The van der Waals surface area contributed by atoms with E-state index in [0.29, 0.717) is 22.5 Å². The average Bonchev–Trinajstić information content (AvgIpc) is 2.54. The molecule has 0 saturated carbocycles. The maximum absolute atomic E-state index is 12.6. The number of ether oxygens (including phenoxy) is 2. The van der Waals surface area contributed by atoms with E-state index in [2.05, 4.69) is 0 Å². The van der Waals surface area contributed by atoms with Gasteiger partial charge in [-0.2, -0.15) is 0 Å². The fraction of sp³-hybridized carbons (Fsp3) is 0.158. The highest BCUT2D eigenvalue weighted by Gasteiger charge is 2.11. The summed E-state index contributed by atoms with van der Waals surface area (Å²) in [6, 6.07) is 10.2. The third-order valence-electron chi connectivity index (χ3n) is 3.50. The molecule has 0 aliphatic heterocycles. The van der Waals surface area contributed by atoms with Crippen LogP contribution < -0.4 is 14.9 Å². The van der Waals surface area contributed by atoms with Crippen molar-refractivity contribution in [2.45, 2.75) is 13.8 Å². The summed E-state index contributed by atoms with van der Waals surface area (Å²) < 4.78 is 16.2. The second-order valence-corrected chi connectivity index (χ2v) is 5.69. The lowest BCUT2D eigenvalue weighted by atomic mass is 10.1. The van der Waals surface area contributed by atoms with E-state index < -0.39 is 12.6 Å². The van der Waals surface area contributed by atoms with Gasteiger partial charge in [0.15, 0.2) is 6.61 Å². The topological polar surface area (TPSA) is 86.0 Å². The number of carboxylic acids is 1. The Morgan fingerprint density at radius 1 is 1.08 bits per heavy atom. The van der Waals surface area contributed by atoms with Crippen LogP contribution in [0.1, 0.15) is 11.1 Å². The standard InChI is InChI=1S/C19H16O6/c1-11-5-12(2)7-14(6-11)25-17-9-24-16-8-13(23-10-18(20)21)3-4-15(16)19(17)22/h3-9H,10H2,1-2H3,(H,20,21). The van der Waals surface area contributed by atoms with Crippen LogP contribution in [-0.2, 0) is 4.79 Å². The molecule has 0 radical (unpaired) electrons.